The van der Waals surface area contributed by atoms with Crippen LogP contribution in [0, 0.1) is 10.8 Å². The number of ether oxygens (including phenoxy) is 1. The molecule has 0 aromatic rings. The predicted molar refractivity (Wildman–Crippen MR) is 67.3 cm³/mol. The van der Waals surface area contributed by atoms with Crippen LogP contribution in [0.25, 0.3) is 0 Å². The van der Waals surface area contributed by atoms with Gasteiger partial charge in [-0.1, -0.05) is 0 Å². The van der Waals surface area contributed by atoms with Crippen molar-refractivity contribution in [3.63, 3.8) is 0 Å². The highest BCUT2D eigenvalue weighted by molar-refractivity contribution is 6.32. The van der Waals surface area contributed by atoms with Crippen LogP contribution in [0.15, 0.2) is 0 Å². The molecule has 2 saturated heterocycles. The zero-order chi connectivity index (χ0) is 14.3. The van der Waals surface area contributed by atoms with Crippen molar-refractivity contribution >= 4 is 17.7 Å². The van der Waals surface area contributed by atoms with Crippen LogP contribution in [0.1, 0.15) is 20.8 Å². The molecule has 0 aromatic heterocycles. The van der Waals surface area contributed by atoms with Crippen molar-refractivity contribution < 1.29 is 19.1 Å². The highest BCUT2D eigenvalue weighted by Crippen LogP contribution is 2.39. The van der Waals surface area contributed by atoms with Crippen molar-refractivity contribution in [1.82, 2.24) is 10.2 Å². The molecule has 0 unspecified atom stereocenters. The molecule has 2 rings (SSSR count). The molecule has 19 heavy (non-hydrogen) atoms. The van der Waals surface area contributed by atoms with E-state index in [1.54, 1.807) is 6.92 Å². The molecule has 2 heterocycles. The lowest BCUT2D eigenvalue weighted by atomic mass is 9.65. The van der Waals surface area contributed by atoms with Crippen molar-refractivity contribution in [2.75, 3.05) is 32.8 Å². The van der Waals surface area contributed by atoms with Crippen LogP contribution in [0.4, 0.5) is 0 Å². The summed E-state index contributed by atoms with van der Waals surface area (Å²) in [5.41, 5.74) is -1.24. The second-order valence-corrected chi connectivity index (χ2v) is 5.94. The quantitative estimate of drug-likeness (QED) is 0.516. The molecule has 6 nitrogen and oxygen atoms in total. The molecule has 1 N–H and O–H groups in total. The number of hydrogen-bond acceptors (Lipinski definition) is 5. The molecule has 0 radical (unpaired) electrons. The minimum atomic E-state index is -0.838. The third-order valence-electron chi connectivity index (χ3n) is 3.94. The number of nitrogens with one attached hydrogen (secondary N) is 1. The molecule has 2 aliphatic rings. The van der Waals surface area contributed by atoms with Crippen LogP contribution in [-0.4, -0.2) is 55.3 Å². The molecule has 0 saturated carbocycles. The zero-order valence-electron chi connectivity index (χ0n) is 11.6. The molecular weight excluding hydrogens is 248 g/mol. The van der Waals surface area contributed by atoms with E-state index in [1.165, 1.54) is 4.90 Å². The van der Waals surface area contributed by atoms with Crippen LogP contribution < -0.4 is 5.32 Å². The van der Waals surface area contributed by atoms with Crippen molar-refractivity contribution in [3.8, 4) is 0 Å². The summed E-state index contributed by atoms with van der Waals surface area (Å²) in [6.45, 7) is 7.12. The number of carbonyl (C=O) groups excluding carboxylic acids is 3. The molecule has 0 aromatic carbocycles. The van der Waals surface area contributed by atoms with E-state index in [0.29, 0.717) is 13.1 Å². The number of esters is 1. The smallest absolute Gasteiger partial charge is 0.397 e. The average Bonchev–Trinajstić information content (AvgIpc) is 2.33. The highest BCUT2D eigenvalue weighted by Gasteiger charge is 2.54. The van der Waals surface area contributed by atoms with E-state index in [2.05, 4.69) is 5.32 Å². The molecule has 0 aliphatic carbocycles. The largest absolute Gasteiger partial charge is 0.459 e. The maximum atomic E-state index is 12.4. The first-order valence-electron chi connectivity index (χ1n) is 6.54. The average molecular weight is 268 g/mol. The van der Waals surface area contributed by atoms with Gasteiger partial charge in [-0.05, 0) is 20.8 Å². The van der Waals surface area contributed by atoms with E-state index in [0.717, 1.165) is 0 Å². The van der Waals surface area contributed by atoms with Gasteiger partial charge in [0.2, 0.25) is 0 Å². The fraction of sp³-hybridized carbons (Fsp3) is 0.769. The van der Waals surface area contributed by atoms with Crippen LogP contribution in [0.3, 0.4) is 0 Å². The highest BCUT2D eigenvalue weighted by atomic mass is 16.5. The first kappa shape index (κ1) is 14.0. The molecule has 2 aliphatic heterocycles. The second-order valence-electron chi connectivity index (χ2n) is 5.94. The molecule has 2 atom stereocenters. The Labute approximate surface area is 112 Å². The summed E-state index contributed by atoms with van der Waals surface area (Å²) in [5, 5.41) is 3.24. The van der Waals surface area contributed by atoms with Crippen molar-refractivity contribution in [1.29, 1.82) is 0 Å². The molecule has 106 valence electrons. The SMILES string of the molecule is CCOC(=O)C(=O)N1C[C@]2(C)CNC[C@](C)(C1)C2=O. The fourth-order valence-corrected chi connectivity index (χ4v) is 3.12. The number of hydrogen-bond donors (Lipinski definition) is 1. The summed E-state index contributed by atoms with van der Waals surface area (Å²) in [6.07, 6.45) is 0. The van der Waals surface area contributed by atoms with E-state index in [4.69, 9.17) is 4.74 Å². The Bertz CT molecular complexity index is 414. The number of carbonyl (C=O) groups is 3. The molecule has 2 bridgehead atoms. The molecular formula is C13H20N2O4. The van der Waals surface area contributed by atoms with Gasteiger partial charge in [-0.15, -0.1) is 0 Å². The predicted octanol–water partition coefficient (Wildman–Crippen LogP) is -0.423. The number of piperidine rings is 2. The van der Waals surface area contributed by atoms with Crippen LogP contribution in [-0.2, 0) is 19.1 Å². The number of nitrogens with zero attached hydrogens (tertiary/aromatic N) is 1. The lowest BCUT2D eigenvalue weighted by molar-refractivity contribution is -0.167. The Morgan fingerprint density at radius 1 is 1.26 bits per heavy atom. The van der Waals surface area contributed by atoms with E-state index in [1.807, 2.05) is 13.8 Å². The normalized spacial score (nSPS) is 34.1. The van der Waals surface area contributed by atoms with Crippen molar-refractivity contribution in [2.45, 2.75) is 20.8 Å². The summed E-state index contributed by atoms with van der Waals surface area (Å²) >= 11 is 0. The van der Waals surface area contributed by atoms with E-state index >= 15 is 0 Å². The van der Waals surface area contributed by atoms with E-state index in [9.17, 15) is 14.4 Å². The number of rotatable bonds is 1. The van der Waals surface area contributed by atoms with E-state index < -0.39 is 22.7 Å². The second kappa shape index (κ2) is 4.59. The Morgan fingerprint density at radius 3 is 2.26 bits per heavy atom. The van der Waals surface area contributed by atoms with Gasteiger partial charge in [-0.25, -0.2) is 4.79 Å². The Hall–Kier alpha value is -1.43. The van der Waals surface area contributed by atoms with Gasteiger partial charge in [0.05, 0.1) is 17.4 Å². The fourth-order valence-electron chi connectivity index (χ4n) is 3.12. The molecule has 0 spiro atoms. The van der Waals surface area contributed by atoms with Crippen LogP contribution in [0.2, 0.25) is 0 Å². The van der Waals surface area contributed by atoms with Gasteiger partial charge in [0.1, 0.15) is 0 Å². The number of ketones is 1. The van der Waals surface area contributed by atoms with Gasteiger partial charge in [0.25, 0.3) is 0 Å². The number of Topliss-reactive ketones (excluding diaryl/α,β-unsaturated/α-hetero) is 1. The summed E-state index contributed by atoms with van der Waals surface area (Å²) in [5.74, 6) is -1.31. The Balaban J connectivity index is 2.20. The monoisotopic (exact) mass is 268 g/mol. The standard InChI is InChI=1S/C13H20N2O4/c1-4-19-10(17)9(16)15-7-12(2)5-14-6-13(3,8-15)11(12)18/h14H,4-8H2,1-3H3/t12-,13+. The van der Waals surface area contributed by atoms with Gasteiger partial charge >= 0.3 is 11.9 Å². The third kappa shape index (κ3) is 2.25. The number of fused-ring (bicyclic) bond motifs is 2. The summed E-state index contributed by atoms with van der Waals surface area (Å²) in [7, 11) is 0. The van der Waals surface area contributed by atoms with Crippen molar-refractivity contribution in [3.05, 3.63) is 0 Å². The van der Waals surface area contributed by atoms with Gasteiger partial charge in [0, 0.05) is 26.2 Å². The van der Waals surface area contributed by atoms with Gasteiger partial charge in [0.15, 0.2) is 5.78 Å². The minimum Gasteiger partial charge on any atom is -0.459 e. The number of likely N-dealkylation sites (tertiary alicyclic amines) is 1. The summed E-state index contributed by atoms with van der Waals surface area (Å²) in [4.78, 5) is 37.4. The van der Waals surface area contributed by atoms with Gasteiger partial charge < -0.3 is 15.0 Å². The molecule has 6 heteroatoms. The Morgan fingerprint density at radius 2 is 1.79 bits per heavy atom. The first-order valence-corrected chi connectivity index (χ1v) is 6.54. The van der Waals surface area contributed by atoms with Gasteiger partial charge in [-0.3, -0.25) is 9.59 Å². The van der Waals surface area contributed by atoms with Crippen molar-refractivity contribution in [2.24, 2.45) is 10.8 Å². The van der Waals surface area contributed by atoms with E-state index in [-0.39, 0.29) is 25.5 Å². The minimum absolute atomic E-state index is 0.173. The Kier molecular flexibility index (Phi) is 3.38. The first-order chi connectivity index (χ1) is 8.82. The van der Waals surface area contributed by atoms with Crippen LogP contribution >= 0.6 is 0 Å². The zero-order valence-corrected chi connectivity index (χ0v) is 11.6. The maximum absolute atomic E-state index is 12.4. The lowest BCUT2D eigenvalue weighted by Crippen LogP contribution is -2.68. The molecule has 2 fully saturated rings. The third-order valence-corrected chi connectivity index (χ3v) is 3.94. The lowest BCUT2D eigenvalue weighted by Gasteiger charge is -2.51. The topological polar surface area (TPSA) is 75.7 Å². The summed E-state index contributed by atoms with van der Waals surface area (Å²) in [6, 6.07) is 0. The maximum Gasteiger partial charge on any atom is 0.397 e. The van der Waals surface area contributed by atoms with Gasteiger partial charge in [-0.2, -0.15) is 0 Å². The number of amides is 1. The molecule has 1 amide bonds. The van der Waals surface area contributed by atoms with Crippen LogP contribution in [0.5, 0.6) is 0 Å². The summed E-state index contributed by atoms with van der Waals surface area (Å²) < 4.78 is 4.74.